The summed E-state index contributed by atoms with van der Waals surface area (Å²) in [5, 5.41) is 31.1. The molecule has 1 aromatic carbocycles. The number of aliphatic hydroxyl groups excluding tert-OH is 2. The van der Waals surface area contributed by atoms with E-state index in [1.165, 1.54) is 23.8 Å². The lowest BCUT2D eigenvalue weighted by Gasteiger charge is -2.28. The molecule has 1 unspecified atom stereocenters. The minimum absolute atomic E-state index is 0.181. The summed E-state index contributed by atoms with van der Waals surface area (Å²) in [6.07, 6.45) is -1.74. The molecule has 13 nitrogen and oxygen atoms in total. The van der Waals surface area contributed by atoms with Crippen LogP contribution in [0, 0.1) is 5.92 Å². The minimum atomic E-state index is -3.11. The van der Waals surface area contributed by atoms with Crippen LogP contribution in [0.2, 0.25) is 0 Å². The largest absolute Gasteiger partial charge is 0.464 e. The molecule has 0 spiro atoms. The topological polar surface area (TPSA) is 174 Å². The van der Waals surface area contributed by atoms with E-state index in [4.69, 9.17) is 14.0 Å². The Kier molecular flexibility index (Phi) is 11.0. The van der Waals surface area contributed by atoms with E-state index in [9.17, 15) is 28.8 Å². The maximum atomic E-state index is 14.4. The molecule has 15 heteroatoms. The van der Waals surface area contributed by atoms with Crippen LogP contribution in [0.5, 0.6) is 0 Å². The van der Waals surface area contributed by atoms with E-state index < -0.39 is 63.3 Å². The van der Waals surface area contributed by atoms with Crippen molar-refractivity contribution < 1.29 is 42.8 Å². The predicted octanol–water partition coefficient (Wildman–Crippen LogP) is 2.85. The summed E-state index contributed by atoms with van der Waals surface area (Å²) in [4.78, 5) is 29.1. The van der Waals surface area contributed by atoms with Gasteiger partial charge in [-0.25, -0.2) is 19.0 Å². The molecule has 0 saturated carbocycles. The molecular weight excluding hydrogens is 584 g/mol. The van der Waals surface area contributed by atoms with Crippen LogP contribution in [-0.2, 0) is 23.4 Å². The average Bonchev–Trinajstić information content (AvgIpc) is 3.56. The number of esters is 1. The SMILES string of the molecule is CCC(CC)COC(=O)[C@H](C)N[PH](=O)OC[C@@]1(CF)O[C@@H](c2ccc3c(NC(=O)c4ccccc4)ncnn23)[C@H](O)[C@@H]1O. The number of nitrogens with zero attached hydrogens (tertiary/aromatic N) is 3. The van der Waals surface area contributed by atoms with Gasteiger partial charge < -0.3 is 29.5 Å². The summed E-state index contributed by atoms with van der Waals surface area (Å²) in [6, 6.07) is 10.7. The van der Waals surface area contributed by atoms with Crippen LogP contribution in [0.15, 0.2) is 48.8 Å². The second-order valence-electron chi connectivity index (χ2n) is 10.4. The lowest BCUT2D eigenvalue weighted by Crippen LogP contribution is -2.48. The van der Waals surface area contributed by atoms with Crippen molar-refractivity contribution in [3.05, 3.63) is 60.0 Å². The Bertz CT molecular complexity index is 1420. The normalized spacial score (nSPS) is 23.4. The summed E-state index contributed by atoms with van der Waals surface area (Å²) in [5.41, 5.74) is -1.04. The van der Waals surface area contributed by atoms with Gasteiger partial charge in [0, 0.05) is 5.56 Å². The first-order chi connectivity index (χ1) is 20.6. The van der Waals surface area contributed by atoms with E-state index >= 15 is 0 Å². The van der Waals surface area contributed by atoms with Crippen LogP contribution < -0.4 is 10.4 Å². The smallest absolute Gasteiger partial charge is 0.323 e. The van der Waals surface area contributed by atoms with E-state index in [0.717, 1.165) is 12.8 Å². The van der Waals surface area contributed by atoms with Crippen LogP contribution >= 0.6 is 8.18 Å². The van der Waals surface area contributed by atoms with Crippen molar-refractivity contribution in [3.8, 4) is 0 Å². The molecule has 1 aliphatic rings. The molecule has 2 aromatic heterocycles. The molecule has 3 aromatic rings. The fourth-order valence-electron chi connectivity index (χ4n) is 4.72. The lowest BCUT2D eigenvalue weighted by molar-refractivity contribution is -0.146. The van der Waals surface area contributed by atoms with Gasteiger partial charge in [0.15, 0.2) is 5.82 Å². The average molecular weight is 622 g/mol. The molecule has 1 saturated heterocycles. The van der Waals surface area contributed by atoms with Crippen LogP contribution in [-0.4, -0.2) is 80.4 Å². The van der Waals surface area contributed by atoms with Crippen molar-refractivity contribution in [1.29, 1.82) is 0 Å². The fraction of sp³-hybridized carbons (Fsp3) is 0.500. The number of amides is 1. The highest BCUT2D eigenvalue weighted by molar-refractivity contribution is 7.36. The van der Waals surface area contributed by atoms with Crippen LogP contribution in [0.1, 0.15) is 55.8 Å². The fourth-order valence-corrected chi connectivity index (χ4v) is 5.65. The maximum Gasteiger partial charge on any atom is 0.323 e. The first-order valence-corrected chi connectivity index (χ1v) is 15.3. The zero-order valence-electron chi connectivity index (χ0n) is 24.1. The molecule has 0 aliphatic carbocycles. The van der Waals surface area contributed by atoms with Gasteiger partial charge in [-0.05, 0) is 37.1 Å². The van der Waals surface area contributed by atoms with Crippen molar-refractivity contribution in [1.82, 2.24) is 19.7 Å². The summed E-state index contributed by atoms with van der Waals surface area (Å²) in [6.45, 7) is 3.73. The summed E-state index contributed by atoms with van der Waals surface area (Å²) in [7, 11) is -3.11. The van der Waals surface area contributed by atoms with E-state index in [2.05, 4.69) is 20.5 Å². The highest BCUT2D eigenvalue weighted by Crippen LogP contribution is 2.42. The van der Waals surface area contributed by atoms with Crippen molar-refractivity contribution in [3.63, 3.8) is 0 Å². The number of benzene rings is 1. The van der Waals surface area contributed by atoms with Gasteiger partial charge in [0.25, 0.3) is 14.1 Å². The third-order valence-electron chi connectivity index (χ3n) is 7.55. The molecule has 0 radical (unpaired) electrons. The first-order valence-electron chi connectivity index (χ1n) is 14.0. The number of rotatable bonds is 14. The number of anilines is 1. The lowest BCUT2D eigenvalue weighted by atomic mass is 9.96. The van der Waals surface area contributed by atoms with Crippen molar-refractivity contribution in [2.45, 2.75) is 63.6 Å². The second kappa shape index (κ2) is 14.5. The molecule has 1 aliphatic heterocycles. The Hall–Kier alpha value is -3.26. The number of alkyl halides is 1. The van der Waals surface area contributed by atoms with Crippen LogP contribution in [0.3, 0.4) is 0 Å². The number of aliphatic hydroxyl groups is 2. The number of aromatic nitrogens is 3. The van der Waals surface area contributed by atoms with Gasteiger partial charge in [-0.3, -0.25) is 14.2 Å². The maximum absolute atomic E-state index is 14.4. The molecule has 6 atom stereocenters. The quantitative estimate of drug-likeness (QED) is 0.154. The molecule has 43 heavy (non-hydrogen) atoms. The Balaban J connectivity index is 1.43. The number of halogens is 1. The Morgan fingerprint density at radius 3 is 2.58 bits per heavy atom. The third kappa shape index (κ3) is 7.28. The van der Waals surface area contributed by atoms with Crippen molar-refractivity contribution >= 4 is 31.4 Å². The standard InChI is InChI=1S/C28H37FN5O8P/c1-4-18(5-2)13-40-27(38)17(3)33-43(39)41-15-28(14-29)24(36)22(35)23(42-28)20-11-12-21-25(30-16-31-34(20)21)32-26(37)19-9-7-6-8-10-19/h6-12,16-18,22-24,35-36,43H,4-5,13-15H2,1-3H3,(H,33,39)(H,30,31,32,37)/t17-,22-,23-,24-,28+/m0/s1. The highest BCUT2D eigenvalue weighted by atomic mass is 31.1. The van der Waals surface area contributed by atoms with Crippen molar-refractivity contribution in [2.75, 3.05) is 25.2 Å². The van der Waals surface area contributed by atoms with E-state index in [-0.39, 0.29) is 24.0 Å². The number of fused-ring (bicyclic) bond motifs is 1. The number of carbonyl (C=O) groups excluding carboxylic acids is 2. The summed E-state index contributed by atoms with van der Waals surface area (Å²) in [5.74, 6) is -0.607. The van der Waals surface area contributed by atoms with Crippen LogP contribution in [0.25, 0.3) is 5.52 Å². The van der Waals surface area contributed by atoms with Gasteiger partial charge in [0.1, 0.15) is 48.5 Å². The van der Waals surface area contributed by atoms with Gasteiger partial charge >= 0.3 is 5.97 Å². The molecule has 4 rings (SSSR count). The molecule has 3 heterocycles. The minimum Gasteiger partial charge on any atom is -0.464 e. The van der Waals surface area contributed by atoms with E-state index in [1.807, 2.05) is 13.8 Å². The number of hydrogen-bond acceptors (Lipinski definition) is 10. The third-order valence-corrected chi connectivity index (χ3v) is 8.63. The van der Waals surface area contributed by atoms with Gasteiger partial charge in [-0.15, -0.1) is 0 Å². The summed E-state index contributed by atoms with van der Waals surface area (Å²) >= 11 is 0. The molecule has 1 amide bonds. The van der Waals surface area contributed by atoms with Gasteiger partial charge in [-0.1, -0.05) is 44.9 Å². The number of hydrogen-bond donors (Lipinski definition) is 4. The van der Waals surface area contributed by atoms with Crippen molar-refractivity contribution in [2.24, 2.45) is 5.92 Å². The zero-order valence-corrected chi connectivity index (χ0v) is 25.1. The van der Waals surface area contributed by atoms with Gasteiger partial charge in [0.2, 0.25) is 0 Å². The number of carbonyl (C=O) groups is 2. The highest BCUT2D eigenvalue weighted by Gasteiger charge is 2.56. The Morgan fingerprint density at radius 2 is 1.91 bits per heavy atom. The van der Waals surface area contributed by atoms with E-state index in [1.54, 1.807) is 36.4 Å². The predicted molar refractivity (Wildman–Crippen MR) is 155 cm³/mol. The summed E-state index contributed by atoms with van der Waals surface area (Å²) < 4.78 is 44.8. The van der Waals surface area contributed by atoms with Gasteiger partial charge in [0.05, 0.1) is 18.9 Å². The Labute approximate surface area is 248 Å². The Morgan fingerprint density at radius 1 is 1.19 bits per heavy atom. The van der Waals surface area contributed by atoms with E-state index in [0.29, 0.717) is 11.1 Å². The first kappa shape index (κ1) is 32.6. The molecule has 0 bridgehead atoms. The second-order valence-corrected chi connectivity index (χ2v) is 11.6. The molecular formula is C28H37FN5O8P. The zero-order chi connectivity index (χ0) is 31.1. The molecule has 234 valence electrons. The number of nitrogens with one attached hydrogen (secondary N) is 2. The molecule has 1 fully saturated rings. The van der Waals surface area contributed by atoms with Crippen LogP contribution in [0.4, 0.5) is 10.2 Å². The monoisotopic (exact) mass is 621 g/mol. The number of ether oxygens (including phenoxy) is 2. The van der Waals surface area contributed by atoms with Gasteiger partial charge in [-0.2, -0.15) is 5.10 Å². The molecule has 4 N–H and O–H groups in total.